The number of carbonyl (C=O) groups is 3. The first-order valence-corrected chi connectivity index (χ1v) is 8.22. The van der Waals surface area contributed by atoms with Crippen molar-refractivity contribution in [2.24, 2.45) is 0 Å². The van der Waals surface area contributed by atoms with Crippen molar-refractivity contribution in [3.63, 3.8) is 0 Å². The van der Waals surface area contributed by atoms with Gasteiger partial charge in [0.05, 0.1) is 18.2 Å². The number of hydrogen-bond donors (Lipinski definition) is 3. The summed E-state index contributed by atoms with van der Waals surface area (Å²) in [6, 6.07) is 8.65. The van der Waals surface area contributed by atoms with Gasteiger partial charge in [0.2, 0.25) is 5.91 Å². The Bertz CT molecular complexity index is 702. The summed E-state index contributed by atoms with van der Waals surface area (Å²) in [5.74, 6) is -0.292. The second kappa shape index (κ2) is 8.78. The van der Waals surface area contributed by atoms with Crippen LogP contribution < -0.4 is 16.0 Å². The van der Waals surface area contributed by atoms with E-state index in [1.165, 1.54) is 11.3 Å². The topological polar surface area (TPSA) is 100 Å². The zero-order chi connectivity index (χ0) is 17.4. The Labute approximate surface area is 143 Å². The van der Waals surface area contributed by atoms with Gasteiger partial charge >= 0.3 is 6.03 Å². The van der Waals surface area contributed by atoms with Crippen LogP contribution in [-0.2, 0) is 22.6 Å². The normalized spacial score (nSPS) is 11.4. The quantitative estimate of drug-likeness (QED) is 0.665. The number of hydrogen-bond acceptors (Lipinski definition) is 5. The van der Waals surface area contributed by atoms with E-state index < -0.39 is 6.04 Å². The molecule has 0 fully saturated rings. The molecule has 2 aromatic rings. The molecule has 1 atom stereocenters. The van der Waals surface area contributed by atoms with Crippen molar-refractivity contribution in [2.75, 3.05) is 5.32 Å². The molecule has 0 aliphatic heterocycles. The number of aldehydes is 1. The number of nitrogens with zero attached hydrogens (tertiary/aromatic N) is 1. The highest BCUT2D eigenvalue weighted by Gasteiger charge is 2.11. The number of aromatic nitrogens is 1. The van der Waals surface area contributed by atoms with Gasteiger partial charge in [-0.15, -0.1) is 11.3 Å². The summed E-state index contributed by atoms with van der Waals surface area (Å²) in [7, 11) is 0. The van der Waals surface area contributed by atoms with Crippen LogP contribution in [0.25, 0.3) is 0 Å². The van der Waals surface area contributed by atoms with E-state index in [1.54, 1.807) is 12.3 Å². The van der Waals surface area contributed by atoms with E-state index in [2.05, 4.69) is 20.9 Å². The van der Waals surface area contributed by atoms with Crippen LogP contribution in [0.4, 0.5) is 9.93 Å². The second-order valence-corrected chi connectivity index (χ2v) is 5.96. The fourth-order valence-corrected chi connectivity index (χ4v) is 2.57. The van der Waals surface area contributed by atoms with Gasteiger partial charge in [0.25, 0.3) is 0 Å². The summed E-state index contributed by atoms with van der Waals surface area (Å²) in [6.07, 6.45) is 0.713. The van der Waals surface area contributed by atoms with Crippen molar-refractivity contribution >= 4 is 34.7 Å². The predicted molar refractivity (Wildman–Crippen MR) is 91.8 cm³/mol. The van der Waals surface area contributed by atoms with Crippen LogP contribution in [0.2, 0.25) is 0 Å². The molecule has 126 valence electrons. The summed E-state index contributed by atoms with van der Waals surface area (Å²) < 4.78 is 0. The first kappa shape index (κ1) is 17.6. The number of urea groups is 1. The lowest BCUT2D eigenvalue weighted by molar-refractivity contribution is -0.123. The van der Waals surface area contributed by atoms with E-state index in [0.717, 1.165) is 5.56 Å². The Morgan fingerprint density at radius 3 is 2.75 bits per heavy atom. The molecule has 1 heterocycles. The molecule has 0 spiro atoms. The first-order valence-electron chi connectivity index (χ1n) is 7.34. The lowest BCUT2D eigenvalue weighted by atomic mass is 10.2. The molecular weight excluding hydrogens is 328 g/mol. The molecule has 7 nitrogen and oxygen atoms in total. The number of rotatable bonds is 7. The number of amides is 3. The van der Waals surface area contributed by atoms with Gasteiger partial charge in [-0.3, -0.25) is 10.1 Å². The fraction of sp³-hybridized carbons (Fsp3) is 0.250. The molecule has 0 saturated carbocycles. The Balaban J connectivity index is 1.79. The van der Waals surface area contributed by atoms with Crippen molar-refractivity contribution in [3.05, 3.63) is 47.0 Å². The molecule has 0 bridgehead atoms. The molecule has 3 N–H and O–H groups in total. The minimum absolute atomic E-state index is 0.0575. The highest BCUT2D eigenvalue weighted by atomic mass is 32.1. The Morgan fingerprint density at radius 1 is 1.29 bits per heavy atom. The summed E-state index contributed by atoms with van der Waals surface area (Å²) in [5.41, 5.74) is 1.53. The van der Waals surface area contributed by atoms with Crippen LogP contribution in [0, 0.1) is 0 Å². The molecule has 0 radical (unpaired) electrons. The summed E-state index contributed by atoms with van der Waals surface area (Å²) in [4.78, 5) is 38.2. The van der Waals surface area contributed by atoms with Crippen molar-refractivity contribution < 1.29 is 14.4 Å². The molecule has 1 aromatic heterocycles. The number of nitrogens with one attached hydrogen (secondary N) is 3. The van der Waals surface area contributed by atoms with Crippen molar-refractivity contribution in [1.29, 1.82) is 0 Å². The molecule has 24 heavy (non-hydrogen) atoms. The predicted octanol–water partition coefficient (Wildman–Crippen LogP) is 1.71. The lowest BCUT2D eigenvalue weighted by Crippen LogP contribution is -2.34. The van der Waals surface area contributed by atoms with Gasteiger partial charge in [-0.2, -0.15) is 0 Å². The highest BCUT2D eigenvalue weighted by Crippen LogP contribution is 2.15. The van der Waals surface area contributed by atoms with Crippen LogP contribution in [0.5, 0.6) is 0 Å². The van der Waals surface area contributed by atoms with Crippen molar-refractivity contribution in [3.8, 4) is 0 Å². The van der Waals surface area contributed by atoms with Gasteiger partial charge in [0.15, 0.2) is 5.13 Å². The third-order valence-electron chi connectivity index (χ3n) is 3.00. The van der Waals surface area contributed by atoms with E-state index in [4.69, 9.17) is 0 Å². The lowest BCUT2D eigenvalue weighted by Gasteiger charge is -2.06. The Morgan fingerprint density at radius 2 is 2.04 bits per heavy atom. The number of carbonyl (C=O) groups excluding carboxylic acids is 3. The Kier molecular flexibility index (Phi) is 6.44. The molecule has 3 amide bonds. The fourth-order valence-electron chi connectivity index (χ4n) is 1.87. The maximum absolute atomic E-state index is 11.8. The third-order valence-corrected chi connectivity index (χ3v) is 3.81. The molecule has 2 rings (SSSR count). The first-order chi connectivity index (χ1) is 11.6. The largest absolute Gasteiger partial charge is 0.347 e. The standard InChI is InChI=1S/C16H18N4O3S/c1-11(9-21)18-14(22)7-13-10-24-16(19-13)20-15(23)17-8-12-5-3-2-4-6-12/h2-6,9-11H,7-8H2,1H3,(H,18,22)(H2,17,19,20,23)/t11-/m0/s1. The SMILES string of the molecule is C[C@@H](C=O)NC(=O)Cc1csc(NC(=O)NCc2ccccc2)n1. The number of thiazole rings is 1. The zero-order valence-electron chi connectivity index (χ0n) is 13.1. The monoisotopic (exact) mass is 346 g/mol. The molecule has 0 unspecified atom stereocenters. The van der Waals surface area contributed by atoms with Crippen LogP contribution in [0.15, 0.2) is 35.7 Å². The summed E-state index contributed by atoms with van der Waals surface area (Å²) in [5, 5.41) is 9.98. The van der Waals surface area contributed by atoms with Gasteiger partial charge in [0.1, 0.15) is 6.29 Å². The molecule has 0 saturated heterocycles. The molecule has 1 aromatic carbocycles. The molecule has 0 aliphatic carbocycles. The van der Waals surface area contributed by atoms with E-state index in [-0.39, 0.29) is 18.4 Å². The van der Waals surface area contributed by atoms with Crippen molar-refractivity contribution in [2.45, 2.75) is 25.9 Å². The molecular formula is C16H18N4O3S. The van der Waals surface area contributed by atoms with Gasteiger partial charge in [-0.1, -0.05) is 30.3 Å². The van der Waals surface area contributed by atoms with E-state index >= 15 is 0 Å². The van der Waals surface area contributed by atoms with Gasteiger partial charge in [0, 0.05) is 11.9 Å². The summed E-state index contributed by atoms with van der Waals surface area (Å²) >= 11 is 1.23. The van der Waals surface area contributed by atoms with Crippen LogP contribution >= 0.6 is 11.3 Å². The average Bonchev–Trinajstić information content (AvgIpc) is 3.00. The minimum Gasteiger partial charge on any atom is -0.347 e. The highest BCUT2D eigenvalue weighted by molar-refractivity contribution is 7.13. The Hall–Kier alpha value is -2.74. The van der Waals surface area contributed by atoms with Gasteiger partial charge in [-0.05, 0) is 12.5 Å². The van der Waals surface area contributed by atoms with Crippen LogP contribution in [-0.4, -0.2) is 29.3 Å². The molecule has 8 heteroatoms. The van der Waals surface area contributed by atoms with E-state index in [0.29, 0.717) is 23.7 Å². The van der Waals surface area contributed by atoms with E-state index in [9.17, 15) is 14.4 Å². The maximum atomic E-state index is 11.8. The zero-order valence-corrected chi connectivity index (χ0v) is 13.9. The maximum Gasteiger partial charge on any atom is 0.321 e. The van der Waals surface area contributed by atoms with Crippen LogP contribution in [0.1, 0.15) is 18.2 Å². The van der Waals surface area contributed by atoms with Crippen LogP contribution in [0.3, 0.4) is 0 Å². The number of anilines is 1. The number of benzene rings is 1. The van der Waals surface area contributed by atoms with Gasteiger partial charge in [-0.25, -0.2) is 9.78 Å². The van der Waals surface area contributed by atoms with Crippen molar-refractivity contribution in [1.82, 2.24) is 15.6 Å². The summed E-state index contributed by atoms with van der Waals surface area (Å²) in [6.45, 7) is 2.01. The second-order valence-electron chi connectivity index (χ2n) is 5.11. The minimum atomic E-state index is -0.530. The third kappa shape index (κ3) is 5.81. The van der Waals surface area contributed by atoms with E-state index in [1.807, 2.05) is 30.3 Å². The average molecular weight is 346 g/mol. The van der Waals surface area contributed by atoms with Gasteiger partial charge < -0.3 is 15.4 Å². The molecule has 0 aliphatic rings. The smallest absolute Gasteiger partial charge is 0.321 e.